The highest BCUT2D eigenvalue weighted by Crippen LogP contribution is 2.16. The normalized spacial score (nSPS) is 9.82. The molecule has 2 aromatic rings. The monoisotopic (exact) mass is 163 g/mol. The van der Waals surface area contributed by atoms with Crippen LogP contribution in [0.15, 0.2) is 29.9 Å². The largest absolute Gasteiger partial charge is 0.254 e. The maximum absolute atomic E-state index is 4.13. The van der Waals surface area contributed by atoms with Crippen LogP contribution >= 0.6 is 11.3 Å². The summed E-state index contributed by atoms with van der Waals surface area (Å²) in [6.45, 7) is 0. The van der Waals surface area contributed by atoms with E-state index >= 15 is 0 Å². The van der Waals surface area contributed by atoms with Gasteiger partial charge >= 0.3 is 0 Å². The molecule has 0 aliphatic carbocycles. The molecule has 4 heteroatoms. The standard InChI is InChI=1S/C7H5N3S/c1-2-4-8-6(3-1)7-10-9-5-11-7/h1-5H. The molecule has 0 spiro atoms. The average molecular weight is 163 g/mol. The lowest BCUT2D eigenvalue weighted by molar-refractivity contribution is 1.09. The molecular weight excluding hydrogens is 158 g/mol. The third-order valence-electron chi connectivity index (χ3n) is 1.24. The molecule has 0 aliphatic heterocycles. The molecule has 0 radical (unpaired) electrons. The molecule has 0 amide bonds. The van der Waals surface area contributed by atoms with E-state index in [0.29, 0.717) is 0 Å². The maximum atomic E-state index is 4.13. The van der Waals surface area contributed by atoms with Gasteiger partial charge in [0.15, 0.2) is 5.01 Å². The quantitative estimate of drug-likeness (QED) is 0.641. The van der Waals surface area contributed by atoms with E-state index in [1.807, 2.05) is 18.2 Å². The Morgan fingerprint density at radius 2 is 2.27 bits per heavy atom. The highest BCUT2D eigenvalue weighted by Gasteiger charge is 1.99. The van der Waals surface area contributed by atoms with Crippen molar-refractivity contribution < 1.29 is 0 Å². The third kappa shape index (κ3) is 1.25. The van der Waals surface area contributed by atoms with Crippen LogP contribution in [-0.4, -0.2) is 15.2 Å². The van der Waals surface area contributed by atoms with E-state index in [2.05, 4.69) is 15.2 Å². The zero-order chi connectivity index (χ0) is 7.52. The van der Waals surface area contributed by atoms with E-state index in [-0.39, 0.29) is 0 Å². The van der Waals surface area contributed by atoms with Crippen LogP contribution in [0, 0.1) is 0 Å². The van der Waals surface area contributed by atoms with Gasteiger partial charge in [0, 0.05) is 6.20 Å². The van der Waals surface area contributed by atoms with Gasteiger partial charge in [-0.1, -0.05) is 17.4 Å². The summed E-state index contributed by atoms with van der Waals surface area (Å²) in [5.41, 5.74) is 2.58. The minimum atomic E-state index is 0.866. The van der Waals surface area contributed by atoms with Crippen molar-refractivity contribution >= 4 is 11.3 Å². The molecule has 11 heavy (non-hydrogen) atoms. The van der Waals surface area contributed by atoms with Crippen molar-refractivity contribution in [3.05, 3.63) is 29.9 Å². The SMILES string of the molecule is c1ccc(-c2nncs2)nc1. The van der Waals surface area contributed by atoms with Crippen LogP contribution in [-0.2, 0) is 0 Å². The van der Waals surface area contributed by atoms with Gasteiger partial charge in [-0.15, -0.1) is 10.2 Å². The van der Waals surface area contributed by atoms with Gasteiger partial charge in [0.2, 0.25) is 0 Å². The Bertz CT molecular complexity index is 317. The van der Waals surface area contributed by atoms with Gasteiger partial charge < -0.3 is 0 Å². The van der Waals surface area contributed by atoms with Gasteiger partial charge in [0.25, 0.3) is 0 Å². The highest BCUT2D eigenvalue weighted by atomic mass is 32.1. The highest BCUT2D eigenvalue weighted by molar-refractivity contribution is 7.12. The second-order valence-corrected chi connectivity index (χ2v) is 2.79. The van der Waals surface area contributed by atoms with E-state index in [9.17, 15) is 0 Å². The van der Waals surface area contributed by atoms with Gasteiger partial charge in [0.05, 0.1) is 0 Å². The topological polar surface area (TPSA) is 38.7 Å². The van der Waals surface area contributed by atoms with E-state index in [0.717, 1.165) is 10.7 Å². The minimum Gasteiger partial charge on any atom is -0.254 e. The molecular formula is C7H5N3S. The van der Waals surface area contributed by atoms with Gasteiger partial charge in [-0.05, 0) is 12.1 Å². The summed E-state index contributed by atoms with van der Waals surface area (Å²) in [5.74, 6) is 0. The summed E-state index contributed by atoms with van der Waals surface area (Å²) in [5, 5.41) is 8.49. The number of hydrogen-bond donors (Lipinski definition) is 0. The van der Waals surface area contributed by atoms with Crippen molar-refractivity contribution in [1.82, 2.24) is 15.2 Å². The second-order valence-electron chi connectivity index (χ2n) is 1.96. The number of aromatic nitrogens is 3. The summed E-state index contributed by atoms with van der Waals surface area (Å²) in [7, 11) is 0. The Balaban J connectivity index is 2.46. The molecule has 2 aromatic heterocycles. The Morgan fingerprint density at radius 1 is 1.27 bits per heavy atom. The Hall–Kier alpha value is -1.29. The Morgan fingerprint density at radius 3 is 2.91 bits per heavy atom. The van der Waals surface area contributed by atoms with Crippen LogP contribution in [0.5, 0.6) is 0 Å². The minimum absolute atomic E-state index is 0.866. The zero-order valence-electron chi connectivity index (χ0n) is 5.64. The van der Waals surface area contributed by atoms with Crippen LogP contribution in [0.25, 0.3) is 10.7 Å². The van der Waals surface area contributed by atoms with E-state index in [1.165, 1.54) is 11.3 Å². The predicted octanol–water partition coefficient (Wildman–Crippen LogP) is 1.60. The first-order chi connectivity index (χ1) is 5.47. The van der Waals surface area contributed by atoms with Crippen LogP contribution in [0.4, 0.5) is 0 Å². The number of rotatable bonds is 1. The smallest absolute Gasteiger partial charge is 0.166 e. The molecule has 3 nitrogen and oxygen atoms in total. The lowest BCUT2D eigenvalue weighted by atomic mass is 10.4. The molecule has 2 rings (SSSR count). The van der Waals surface area contributed by atoms with Crippen LogP contribution in [0.1, 0.15) is 0 Å². The fourth-order valence-electron chi connectivity index (χ4n) is 0.774. The van der Waals surface area contributed by atoms with Crippen molar-refractivity contribution in [2.45, 2.75) is 0 Å². The average Bonchev–Trinajstić information content (AvgIpc) is 2.58. The molecule has 0 aromatic carbocycles. The van der Waals surface area contributed by atoms with E-state index in [1.54, 1.807) is 11.7 Å². The number of nitrogens with zero attached hydrogens (tertiary/aromatic N) is 3. The fraction of sp³-hybridized carbons (Fsp3) is 0. The summed E-state index contributed by atoms with van der Waals surface area (Å²) in [6.07, 6.45) is 1.75. The molecule has 0 fully saturated rings. The van der Waals surface area contributed by atoms with Gasteiger partial charge in [0.1, 0.15) is 11.2 Å². The van der Waals surface area contributed by atoms with Gasteiger partial charge in [-0.2, -0.15) is 0 Å². The predicted molar refractivity (Wildman–Crippen MR) is 43.1 cm³/mol. The zero-order valence-corrected chi connectivity index (χ0v) is 6.45. The van der Waals surface area contributed by atoms with Crippen LogP contribution < -0.4 is 0 Å². The van der Waals surface area contributed by atoms with Gasteiger partial charge in [-0.25, -0.2) is 0 Å². The van der Waals surface area contributed by atoms with Crippen LogP contribution in [0.2, 0.25) is 0 Å². The first-order valence-electron chi connectivity index (χ1n) is 3.14. The molecule has 0 bridgehead atoms. The Labute approximate surface area is 67.8 Å². The number of pyridine rings is 1. The van der Waals surface area contributed by atoms with E-state index < -0.39 is 0 Å². The lowest BCUT2D eigenvalue weighted by Crippen LogP contribution is -1.79. The maximum Gasteiger partial charge on any atom is 0.166 e. The van der Waals surface area contributed by atoms with Crippen molar-refractivity contribution in [3.8, 4) is 10.7 Å². The van der Waals surface area contributed by atoms with Crippen molar-refractivity contribution in [3.63, 3.8) is 0 Å². The van der Waals surface area contributed by atoms with Crippen molar-refractivity contribution in [2.75, 3.05) is 0 Å². The summed E-state index contributed by atoms with van der Waals surface area (Å²) >= 11 is 1.49. The molecule has 0 saturated heterocycles. The lowest BCUT2D eigenvalue weighted by Gasteiger charge is -1.89. The van der Waals surface area contributed by atoms with Crippen LogP contribution in [0.3, 0.4) is 0 Å². The second kappa shape index (κ2) is 2.75. The van der Waals surface area contributed by atoms with Crippen molar-refractivity contribution in [1.29, 1.82) is 0 Å². The molecule has 0 N–H and O–H groups in total. The molecule has 0 unspecified atom stereocenters. The third-order valence-corrected chi connectivity index (χ3v) is 1.96. The fourth-order valence-corrected chi connectivity index (χ4v) is 1.30. The summed E-state index contributed by atoms with van der Waals surface area (Å²) in [6, 6.07) is 5.73. The molecule has 0 aliphatic rings. The molecule has 0 saturated carbocycles. The first-order valence-corrected chi connectivity index (χ1v) is 4.02. The molecule has 0 atom stereocenters. The number of hydrogen-bond acceptors (Lipinski definition) is 4. The molecule has 2 heterocycles. The van der Waals surface area contributed by atoms with Crippen molar-refractivity contribution in [2.24, 2.45) is 0 Å². The van der Waals surface area contributed by atoms with E-state index in [4.69, 9.17) is 0 Å². The molecule has 54 valence electrons. The summed E-state index contributed by atoms with van der Waals surface area (Å²) in [4.78, 5) is 4.13. The van der Waals surface area contributed by atoms with Gasteiger partial charge in [-0.3, -0.25) is 4.98 Å². The Kier molecular flexibility index (Phi) is 1.61. The summed E-state index contributed by atoms with van der Waals surface area (Å²) < 4.78 is 0. The first kappa shape index (κ1) is 6.42.